The molecule has 0 radical (unpaired) electrons. The monoisotopic (exact) mass is 252 g/mol. The number of carbonyl (C=O) groups is 1. The van der Waals surface area contributed by atoms with Gasteiger partial charge in [0.1, 0.15) is 0 Å². The van der Waals surface area contributed by atoms with Gasteiger partial charge in [0.15, 0.2) is 0 Å². The van der Waals surface area contributed by atoms with E-state index in [1.165, 1.54) is 25.7 Å². The van der Waals surface area contributed by atoms with Crippen LogP contribution >= 0.6 is 0 Å². The van der Waals surface area contributed by atoms with Crippen LogP contribution < -0.4 is 10.6 Å². The summed E-state index contributed by atoms with van der Waals surface area (Å²) < 4.78 is 0. The van der Waals surface area contributed by atoms with Crippen molar-refractivity contribution in [2.24, 2.45) is 5.92 Å². The van der Waals surface area contributed by atoms with Gasteiger partial charge in [-0.3, -0.25) is 4.79 Å². The van der Waals surface area contributed by atoms with Crippen LogP contribution in [0.2, 0.25) is 0 Å². The van der Waals surface area contributed by atoms with E-state index < -0.39 is 0 Å². The molecule has 4 unspecified atom stereocenters. The van der Waals surface area contributed by atoms with Gasteiger partial charge in [0.25, 0.3) is 0 Å². The van der Waals surface area contributed by atoms with E-state index in [1.807, 2.05) is 0 Å². The third kappa shape index (κ3) is 3.25. The van der Waals surface area contributed by atoms with Crippen molar-refractivity contribution in [3.63, 3.8) is 0 Å². The van der Waals surface area contributed by atoms with Crippen LogP contribution in [0.3, 0.4) is 0 Å². The molecule has 0 aromatic heterocycles. The second-order valence-corrected chi connectivity index (χ2v) is 6.01. The minimum atomic E-state index is 0.0732. The van der Waals surface area contributed by atoms with Gasteiger partial charge in [0.05, 0.1) is 6.04 Å². The van der Waals surface area contributed by atoms with Gasteiger partial charge in [0, 0.05) is 12.1 Å². The highest BCUT2D eigenvalue weighted by Crippen LogP contribution is 2.33. The standard InChI is InChI=1S/C15H28N2O/c1-3-7-12(4-2)16-15(18)14-10-11-8-5-6-9-13(11)17-14/h11-14,17H,3-10H2,1-2H3,(H,16,18). The van der Waals surface area contributed by atoms with E-state index in [9.17, 15) is 4.79 Å². The van der Waals surface area contributed by atoms with E-state index in [0.717, 1.165) is 31.6 Å². The molecule has 1 saturated carbocycles. The molecular formula is C15H28N2O. The number of hydrogen-bond donors (Lipinski definition) is 2. The van der Waals surface area contributed by atoms with Gasteiger partial charge in [-0.05, 0) is 38.0 Å². The fraction of sp³-hybridized carbons (Fsp3) is 0.933. The molecule has 0 bridgehead atoms. The second kappa shape index (κ2) is 6.55. The molecule has 2 aliphatic rings. The largest absolute Gasteiger partial charge is 0.352 e. The van der Waals surface area contributed by atoms with E-state index in [4.69, 9.17) is 0 Å². The molecule has 104 valence electrons. The number of amides is 1. The molecule has 3 nitrogen and oxygen atoms in total. The topological polar surface area (TPSA) is 41.1 Å². The summed E-state index contributed by atoms with van der Waals surface area (Å²) in [5, 5.41) is 6.77. The summed E-state index contributed by atoms with van der Waals surface area (Å²) in [6.07, 6.45) is 9.59. The Kier molecular flexibility index (Phi) is 5.04. The minimum Gasteiger partial charge on any atom is -0.352 e. The molecule has 3 heteroatoms. The molecule has 0 aromatic carbocycles. The van der Waals surface area contributed by atoms with Gasteiger partial charge in [-0.15, -0.1) is 0 Å². The first-order valence-corrected chi connectivity index (χ1v) is 7.81. The lowest BCUT2D eigenvalue weighted by atomic mass is 9.85. The van der Waals surface area contributed by atoms with E-state index in [1.54, 1.807) is 0 Å². The summed E-state index contributed by atoms with van der Waals surface area (Å²) in [6, 6.07) is 1.05. The first-order valence-electron chi connectivity index (χ1n) is 7.81. The third-order valence-corrected chi connectivity index (χ3v) is 4.66. The predicted octanol–water partition coefficient (Wildman–Crippen LogP) is 2.60. The van der Waals surface area contributed by atoms with Crippen LogP contribution in [0, 0.1) is 5.92 Å². The fourth-order valence-corrected chi connectivity index (χ4v) is 3.55. The van der Waals surface area contributed by atoms with Gasteiger partial charge in [-0.25, -0.2) is 0 Å². The molecule has 1 aliphatic heterocycles. The van der Waals surface area contributed by atoms with Crippen molar-refractivity contribution in [3.8, 4) is 0 Å². The average molecular weight is 252 g/mol. The Hall–Kier alpha value is -0.570. The molecule has 1 heterocycles. The lowest BCUT2D eigenvalue weighted by Crippen LogP contribution is -2.46. The van der Waals surface area contributed by atoms with Crippen molar-refractivity contribution in [1.82, 2.24) is 10.6 Å². The normalized spacial score (nSPS) is 32.9. The average Bonchev–Trinajstić information content (AvgIpc) is 2.82. The van der Waals surface area contributed by atoms with Crippen LogP contribution in [-0.4, -0.2) is 24.0 Å². The van der Waals surface area contributed by atoms with Crippen molar-refractivity contribution in [3.05, 3.63) is 0 Å². The van der Waals surface area contributed by atoms with Gasteiger partial charge in [-0.2, -0.15) is 0 Å². The Balaban J connectivity index is 1.82. The molecule has 1 amide bonds. The number of hydrogen-bond acceptors (Lipinski definition) is 2. The Morgan fingerprint density at radius 2 is 2.11 bits per heavy atom. The molecule has 1 saturated heterocycles. The number of rotatable bonds is 5. The maximum atomic E-state index is 12.3. The Morgan fingerprint density at radius 3 is 2.78 bits per heavy atom. The second-order valence-electron chi connectivity index (χ2n) is 6.01. The number of carbonyl (C=O) groups excluding carboxylic acids is 1. The SMILES string of the molecule is CCCC(CC)NC(=O)C1CC2CCCCC2N1. The summed E-state index contributed by atoms with van der Waals surface area (Å²) >= 11 is 0. The van der Waals surface area contributed by atoms with Crippen molar-refractivity contribution in [2.45, 2.75) is 83.3 Å². The molecule has 2 rings (SSSR count). The van der Waals surface area contributed by atoms with Gasteiger partial charge in [0.2, 0.25) is 5.91 Å². The van der Waals surface area contributed by atoms with Gasteiger partial charge in [-0.1, -0.05) is 33.1 Å². The van der Waals surface area contributed by atoms with Crippen LogP contribution in [0.25, 0.3) is 0 Å². The summed E-state index contributed by atoms with van der Waals surface area (Å²) in [7, 11) is 0. The van der Waals surface area contributed by atoms with Crippen molar-refractivity contribution < 1.29 is 4.79 Å². The molecule has 0 spiro atoms. The third-order valence-electron chi connectivity index (χ3n) is 4.66. The quantitative estimate of drug-likeness (QED) is 0.789. The molecule has 1 aliphatic carbocycles. The maximum Gasteiger partial charge on any atom is 0.237 e. The van der Waals surface area contributed by atoms with E-state index in [0.29, 0.717) is 12.1 Å². The van der Waals surface area contributed by atoms with Crippen molar-refractivity contribution in [1.29, 1.82) is 0 Å². The van der Waals surface area contributed by atoms with Crippen LogP contribution in [-0.2, 0) is 4.79 Å². The van der Waals surface area contributed by atoms with Crippen LogP contribution in [0.4, 0.5) is 0 Å². The molecule has 0 aromatic rings. The van der Waals surface area contributed by atoms with Crippen LogP contribution in [0.5, 0.6) is 0 Å². The summed E-state index contributed by atoms with van der Waals surface area (Å²) in [5.41, 5.74) is 0. The zero-order chi connectivity index (χ0) is 13.0. The Morgan fingerprint density at radius 1 is 1.33 bits per heavy atom. The summed E-state index contributed by atoms with van der Waals surface area (Å²) in [4.78, 5) is 12.3. The summed E-state index contributed by atoms with van der Waals surface area (Å²) in [6.45, 7) is 4.33. The van der Waals surface area contributed by atoms with Gasteiger partial charge < -0.3 is 10.6 Å². The van der Waals surface area contributed by atoms with Crippen LogP contribution in [0.15, 0.2) is 0 Å². The molecule has 4 atom stereocenters. The highest BCUT2D eigenvalue weighted by Gasteiger charge is 2.38. The zero-order valence-electron chi connectivity index (χ0n) is 11.9. The lowest BCUT2D eigenvalue weighted by molar-refractivity contribution is -0.123. The zero-order valence-corrected chi connectivity index (χ0v) is 11.9. The highest BCUT2D eigenvalue weighted by molar-refractivity contribution is 5.82. The van der Waals surface area contributed by atoms with E-state index in [-0.39, 0.29) is 11.9 Å². The Bertz CT molecular complexity index is 266. The van der Waals surface area contributed by atoms with Gasteiger partial charge >= 0.3 is 0 Å². The van der Waals surface area contributed by atoms with E-state index >= 15 is 0 Å². The molecule has 18 heavy (non-hydrogen) atoms. The number of fused-ring (bicyclic) bond motifs is 1. The first kappa shape index (κ1) is 13.9. The number of nitrogens with one attached hydrogen (secondary N) is 2. The smallest absolute Gasteiger partial charge is 0.237 e. The molecular weight excluding hydrogens is 224 g/mol. The highest BCUT2D eigenvalue weighted by atomic mass is 16.2. The molecule has 2 fully saturated rings. The minimum absolute atomic E-state index is 0.0732. The van der Waals surface area contributed by atoms with Crippen LogP contribution in [0.1, 0.15) is 65.2 Å². The first-order chi connectivity index (χ1) is 8.74. The fourth-order valence-electron chi connectivity index (χ4n) is 3.55. The van der Waals surface area contributed by atoms with Crippen molar-refractivity contribution in [2.75, 3.05) is 0 Å². The van der Waals surface area contributed by atoms with Crippen molar-refractivity contribution >= 4 is 5.91 Å². The predicted molar refractivity (Wildman–Crippen MR) is 74.4 cm³/mol. The Labute approximate surface area is 111 Å². The lowest BCUT2D eigenvalue weighted by Gasteiger charge is -2.24. The molecule has 2 N–H and O–H groups in total. The van der Waals surface area contributed by atoms with E-state index in [2.05, 4.69) is 24.5 Å². The maximum absolute atomic E-state index is 12.3. The summed E-state index contributed by atoms with van der Waals surface area (Å²) in [5.74, 6) is 0.991.